The maximum Gasteiger partial charge on any atom is 0.125 e. The van der Waals surface area contributed by atoms with Crippen molar-refractivity contribution in [2.75, 3.05) is 17.3 Å². The number of benzene rings is 2. The molecule has 1 N–H and O–H groups in total. The first-order chi connectivity index (χ1) is 10.9. The van der Waals surface area contributed by atoms with Crippen LogP contribution in [0, 0.1) is 6.92 Å². The Labute approximate surface area is 145 Å². The standard InChI is InChI=1S/C20H21BrN2/c1-13-5-4-6-17-18(13)23(3)19(22-17)15-7-8-16-12-20(2,21)10-9-14(16)11-15/h4-9,11-12,19,22H,10H2,1-3H3/t19?,20-/m0/s1. The predicted octanol–water partition coefficient (Wildman–Crippen LogP) is 3.67. The molecular formula is C20H21BrN2. The van der Waals surface area contributed by atoms with Gasteiger partial charge in [0.25, 0.3) is 0 Å². The summed E-state index contributed by atoms with van der Waals surface area (Å²) in [5.74, 6) is 0. The number of fused-ring (bicyclic) bond motifs is 2. The van der Waals surface area contributed by atoms with Crippen LogP contribution in [-0.2, 0) is 0 Å². The lowest BCUT2D eigenvalue weighted by atomic mass is 9.97. The minimum Gasteiger partial charge on any atom is -0.360 e. The summed E-state index contributed by atoms with van der Waals surface area (Å²) in [7, 11) is 2.17. The molecule has 4 rings (SSSR count). The highest BCUT2D eigenvalue weighted by molar-refractivity contribution is 9.10. The normalized spacial score (nSPS) is 25.0. The molecule has 0 bridgehead atoms. The van der Waals surface area contributed by atoms with Crippen LogP contribution < -0.4 is 20.7 Å². The van der Waals surface area contributed by atoms with Crippen LogP contribution in [0.1, 0.15) is 30.6 Å². The van der Waals surface area contributed by atoms with E-state index in [9.17, 15) is 0 Å². The van der Waals surface area contributed by atoms with Gasteiger partial charge in [-0.1, -0.05) is 52.3 Å². The van der Waals surface area contributed by atoms with Gasteiger partial charge in [-0.2, -0.15) is 0 Å². The molecule has 0 spiro atoms. The molecular weight excluding hydrogens is 348 g/mol. The molecule has 0 amide bonds. The summed E-state index contributed by atoms with van der Waals surface area (Å²) >= 11 is 3.78. The second-order valence-corrected chi connectivity index (χ2v) is 8.66. The van der Waals surface area contributed by atoms with Crippen molar-refractivity contribution in [2.45, 2.75) is 30.8 Å². The molecule has 0 fully saturated rings. The minimum absolute atomic E-state index is 0.0806. The van der Waals surface area contributed by atoms with Gasteiger partial charge in [0.1, 0.15) is 6.17 Å². The van der Waals surface area contributed by atoms with Crippen LogP contribution in [0.25, 0.3) is 12.2 Å². The Kier molecular flexibility index (Phi) is 3.31. The van der Waals surface area contributed by atoms with Gasteiger partial charge >= 0.3 is 0 Å². The van der Waals surface area contributed by atoms with Gasteiger partial charge in [0, 0.05) is 11.4 Å². The first-order valence-electron chi connectivity index (χ1n) is 8.06. The number of nitrogens with one attached hydrogen (secondary N) is 1. The number of halogens is 1. The summed E-state index contributed by atoms with van der Waals surface area (Å²) in [6.07, 6.45) is 5.87. The van der Waals surface area contributed by atoms with Gasteiger partial charge in [-0.15, -0.1) is 0 Å². The summed E-state index contributed by atoms with van der Waals surface area (Å²) < 4.78 is 0.0806. The summed E-state index contributed by atoms with van der Waals surface area (Å²) in [6.45, 7) is 4.39. The lowest BCUT2D eigenvalue weighted by Gasteiger charge is -2.24. The molecule has 23 heavy (non-hydrogen) atoms. The smallest absolute Gasteiger partial charge is 0.125 e. The third kappa shape index (κ3) is 2.47. The van der Waals surface area contributed by atoms with Gasteiger partial charge in [-0.25, -0.2) is 0 Å². The SMILES string of the molecule is Cc1cccc2c1N(C)C(c1ccc3c(c1)=CC[C@](C)(Br)C=3)N2. The van der Waals surface area contributed by atoms with Crippen molar-refractivity contribution in [3.8, 4) is 0 Å². The summed E-state index contributed by atoms with van der Waals surface area (Å²) in [6, 6.07) is 13.3. The molecule has 0 radical (unpaired) electrons. The number of aryl methyl sites for hydroxylation is 1. The van der Waals surface area contributed by atoms with Crippen molar-refractivity contribution in [1.82, 2.24) is 0 Å². The van der Waals surface area contributed by atoms with Crippen molar-refractivity contribution in [1.29, 1.82) is 0 Å². The van der Waals surface area contributed by atoms with E-state index in [0.717, 1.165) is 6.42 Å². The number of para-hydroxylation sites is 1. The van der Waals surface area contributed by atoms with Gasteiger partial charge in [-0.3, -0.25) is 0 Å². The lowest BCUT2D eigenvalue weighted by Crippen LogP contribution is -2.35. The van der Waals surface area contributed by atoms with E-state index in [1.807, 2.05) is 0 Å². The summed E-state index contributed by atoms with van der Waals surface area (Å²) in [4.78, 5) is 2.34. The fourth-order valence-corrected chi connectivity index (χ4v) is 4.10. The molecule has 1 heterocycles. The Bertz CT molecular complexity index is 898. The van der Waals surface area contributed by atoms with E-state index in [2.05, 4.69) is 95.6 Å². The zero-order valence-corrected chi connectivity index (χ0v) is 15.3. The van der Waals surface area contributed by atoms with Crippen LogP contribution in [0.2, 0.25) is 0 Å². The molecule has 1 aliphatic carbocycles. The Morgan fingerprint density at radius 1 is 1.22 bits per heavy atom. The van der Waals surface area contributed by atoms with Crippen LogP contribution >= 0.6 is 15.9 Å². The van der Waals surface area contributed by atoms with Crippen LogP contribution in [-0.4, -0.2) is 11.4 Å². The highest BCUT2D eigenvalue weighted by Crippen LogP contribution is 2.41. The van der Waals surface area contributed by atoms with Crippen molar-refractivity contribution in [2.24, 2.45) is 0 Å². The molecule has 3 heteroatoms. The molecule has 2 aromatic rings. The average molecular weight is 369 g/mol. The molecule has 2 aliphatic rings. The van der Waals surface area contributed by atoms with Gasteiger partial charge in [0.05, 0.1) is 11.4 Å². The van der Waals surface area contributed by atoms with Crippen molar-refractivity contribution in [3.05, 3.63) is 58.0 Å². The molecule has 2 atom stereocenters. The van der Waals surface area contributed by atoms with Crippen molar-refractivity contribution >= 4 is 39.5 Å². The van der Waals surface area contributed by atoms with E-state index >= 15 is 0 Å². The third-order valence-corrected chi connectivity index (χ3v) is 5.43. The maximum atomic E-state index is 3.78. The van der Waals surface area contributed by atoms with Gasteiger partial charge in [0.15, 0.2) is 0 Å². The molecule has 2 nitrogen and oxygen atoms in total. The summed E-state index contributed by atoms with van der Waals surface area (Å²) in [5.41, 5.74) is 5.15. The summed E-state index contributed by atoms with van der Waals surface area (Å²) in [5, 5.41) is 6.31. The van der Waals surface area contributed by atoms with Gasteiger partial charge < -0.3 is 10.2 Å². The number of hydrogen-bond donors (Lipinski definition) is 1. The molecule has 0 saturated carbocycles. The van der Waals surface area contributed by atoms with Crippen LogP contribution in [0.5, 0.6) is 0 Å². The van der Waals surface area contributed by atoms with Crippen LogP contribution in [0.3, 0.4) is 0 Å². The topological polar surface area (TPSA) is 15.3 Å². The van der Waals surface area contributed by atoms with Crippen LogP contribution in [0.4, 0.5) is 11.4 Å². The van der Waals surface area contributed by atoms with Crippen molar-refractivity contribution < 1.29 is 0 Å². The van der Waals surface area contributed by atoms with E-state index < -0.39 is 0 Å². The monoisotopic (exact) mass is 368 g/mol. The Hall–Kier alpha value is -1.74. The zero-order chi connectivity index (χ0) is 16.2. The molecule has 1 aliphatic heterocycles. The first-order valence-corrected chi connectivity index (χ1v) is 8.85. The fraction of sp³-hybridized carbons (Fsp3) is 0.300. The zero-order valence-electron chi connectivity index (χ0n) is 13.7. The Balaban J connectivity index is 1.76. The second kappa shape index (κ2) is 5.13. The minimum atomic E-state index is 0.0806. The van der Waals surface area contributed by atoms with Gasteiger partial charge in [0.2, 0.25) is 0 Å². The fourth-order valence-electron chi connectivity index (χ4n) is 3.69. The third-order valence-electron chi connectivity index (χ3n) is 4.87. The number of rotatable bonds is 1. The largest absolute Gasteiger partial charge is 0.360 e. The maximum absolute atomic E-state index is 3.78. The quantitative estimate of drug-likeness (QED) is 0.772. The van der Waals surface area contributed by atoms with E-state index in [1.165, 1.54) is 32.9 Å². The highest BCUT2D eigenvalue weighted by Gasteiger charge is 2.28. The number of anilines is 2. The van der Waals surface area contributed by atoms with Crippen molar-refractivity contribution in [3.63, 3.8) is 0 Å². The van der Waals surface area contributed by atoms with Crippen LogP contribution in [0.15, 0.2) is 36.4 Å². The second-order valence-electron chi connectivity index (χ2n) is 6.85. The molecule has 1 unspecified atom stereocenters. The first kappa shape index (κ1) is 14.8. The molecule has 118 valence electrons. The average Bonchev–Trinajstić information content (AvgIpc) is 2.84. The Morgan fingerprint density at radius 2 is 2.04 bits per heavy atom. The van der Waals surface area contributed by atoms with E-state index in [4.69, 9.17) is 0 Å². The number of hydrogen-bond acceptors (Lipinski definition) is 2. The highest BCUT2D eigenvalue weighted by atomic mass is 79.9. The number of alkyl halides is 1. The van der Waals surface area contributed by atoms with Gasteiger partial charge in [-0.05, 0) is 54.0 Å². The molecule has 0 aromatic heterocycles. The van der Waals surface area contributed by atoms with E-state index in [1.54, 1.807) is 0 Å². The Morgan fingerprint density at radius 3 is 2.83 bits per heavy atom. The lowest BCUT2D eigenvalue weighted by molar-refractivity contribution is 0.788. The predicted molar refractivity (Wildman–Crippen MR) is 103 cm³/mol. The molecule has 0 saturated heterocycles. The molecule has 2 aromatic carbocycles. The van der Waals surface area contributed by atoms with E-state index in [-0.39, 0.29) is 10.5 Å². The number of nitrogens with zero attached hydrogens (tertiary/aromatic N) is 1. The van der Waals surface area contributed by atoms with E-state index in [0.29, 0.717) is 0 Å².